The molecule has 0 saturated heterocycles. The third-order valence-electron chi connectivity index (χ3n) is 3.87. The molecule has 110 valence electrons. The molecular weight excluding hydrogens is 246 g/mol. The number of hydrogen-bond acceptors (Lipinski definition) is 3. The molecule has 0 aliphatic heterocycles. The molecule has 0 amide bonds. The maximum Gasteiger partial charge on any atom is 0.103 e. The Balaban J connectivity index is 2.44. The van der Waals surface area contributed by atoms with E-state index in [1.807, 2.05) is 14.0 Å². The van der Waals surface area contributed by atoms with E-state index in [-0.39, 0.29) is 0 Å². The lowest BCUT2D eigenvalue weighted by Crippen LogP contribution is -2.38. The topological polar surface area (TPSA) is 39.1 Å². The monoisotopic (exact) mass is 273 g/mol. The number of hydrogen-bond donors (Lipinski definition) is 1. The molecule has 0 fully saturated rings. The van der Waals surface area contributed by atoms with E-state index in [4.69, 9.17) is 5.26 Å². The average molecular weight is 273 g/mol. The highest BCUT2D eigenvalue weighted by atomic mass is 15.1. The van der Waals surface area contributed by atoms with Crippen molar-refractivity contribution >= 4 is 5.69 Å². The first-order valence-corrected chi connectivity index (χ1v) is 7.30. The van der Waals surface area contributed by atoms with Gasteiger partial charge >= 0.3 is 0 Å². The standard InChI is InChI=1S/C17H27N3/c1-14-10-15(2)12-16(11-14)20(5)9-7-6-8-17(3,13-18)19-4/h10-12,19H,6-9H2,1-5H3. The second kappa shape index (κ2) is 7.31. The predicted molar refractivity (Wildman–Crippen MR) is 86.1 cm³/mol. The van der Waals surface area contributed by atoms with Gasteiger partial charge in [-0.15, -0.1) is 0 Å². The van der Waals surface area contributed by atoms with Gasteiger partial charge in [0.05, 0.1) is 6.07 Å². The predicted octanol–water partition coefficient (Wildman–Crippen LogP) is 3.41. The van der Waals surface area contributed by atoms with E-state index >= 15 is 0 Å². The summed E-state index contributed by atoms with van der Waals surface area (Å²) in [6, 6.07) is 8.98. The Morgan fingerprint density at radius 1 is 1.20 bits per heavy atom. The first kappa shape index (κ1) is 16.5. The zero-order valence-electron chi connectivity index (χ0n) is 13.5. The number of rotatable bonds is 7. The SMILES string of the molecule is CNC(C)(C#N)CCCCN(C)c1cc(C)cc(C)c1. The molecule has 20 heavy (non-hydrogen) atoms. The lowest BCUT2D eigenvalue weighted by molar-refractivity contribution is 0.434. The van der Waals surface area contributed by atoms with E-state index in [1.165, 1.54) is 16.8 Å². The minimum Gasteiger partial charge on any atom is -0.375 e. The summed E-state index contributed by atoms with van der Waals surface area (Å²) in [5, 5.41) is 12.2. The number of unbranched alkanes of at least 4 members (excludes halogenated alkanes) is 1. The normalized spacial score (nSPS) is 13.6. The van der Waals surface area contributed by atoms with Crippen LogP contribution in [0.15, 0.2) is 18.2 Å². The molecule has 0 heterocycles. The van der Waals surface area contributed by atoms with E-state index in [0.29, 0.717) is 0 Å². The summed E-state index contributed by atoms with van der Waals surface area (Å²) in [6.45, 7) is 7.25. The van der Waals surface area contributed by atoms with E-state index in [2.05, 4.69) is 55.4 Å². The van der Waals surface area contributed by atoms with Crippen molar-refractivity contribution < 1.29 is 0 Å². The third-order valence-corrected chi connectivity index (χ3v) is 3.87. The third kappa shape index (κ3) is 4.86. The molecule has 0 radical (unpaired) electrons. The number of nitrogens with one attached hydrogen (secondary N) is 1. The smallest absolute Gasteiger partial charge is 0.103 e. The molecule has 0 aliphatic rings. The summed E-state index contributed by atoms with van der Waals surface area (Å²) < 4.78 is 0. The number of nitriles is 1. The molecular formula is C17H27N3. The van der Waals surface area contributed by atoms with Gasteiger partial charge in [-0.2, -0.15) is 5.26 Å². The molecule has 1 N–H and O–H groups in total. The highest BCUT2D eigenvalue weighted by Gasteiger charge is 2.19. The Hall–Kier alpha value is -1.53. The minimum atomic E-state index is -0.390. The largest absolute Gasteiger partial charge is 0.375 e. The molecule has 3 nitrogen and oxygen atoms in total. The van der Waals surface area contributed by atoms with Crippen LogP contribution in [-0.2, 0) is 0 Å². The summed E-state index contributed by atoms with van der Waals surface area (Å²) >= 11 is 0. The van der Waals surface area contributed by atoms with Gasteiger partial charge in [-0.25, -0.2) is 0 Å². The zero-order chi connectivity index (χ0) is 15.2. The molecule has 0 bridgehead atoms. The van der Waals surface area contributed by atoms with Crippen LogP contribution >= 0.6 is 0 Å². The molecule has 1 aromatic rings. The van der Waals surface area contributed by atoms with Crippen molar-refractivity contribution in [3.63, 3.8) is 0 Å². The van der Waals surface area contributed by atoms with Crippen molar-refractivity contribution in [3.05, 3.63) is 29.3 Å². The number of aryl methyl sites for hydroxylation is 2. The van der Waals surface area contributed by atoms with E-state index in [0.717, 1.165) is 25.8 Å². The van der Waals surface area contributed by atoms with E-state index in [9.17, 15) is 0 Å². The Morgan fingerprint density at radius 2 is 1.80 bits per heavy atom. The van der Waals surface area contributed by atoms with Crippen molar-refractivity contribution in [1.82, 2.24) is 5.32 Å². The first-order valence-electron chi connectivity index (χ1n) is 7.30. The first-order chi connectivity index (χ1) is 9.40. The summed E-state index contributed by atoms with van der Waals surface area (Å²) in [4.78, 5) is 2.29. The molecule has 1 unspecified atom stereocenters. The summed E-state index contributed by atoms with van der Waals surface area (Å²) in [6.07, 6.45) is 3.04. The lowest BCUT2D eigenvalue weighted by atomic mass is 9.97. The van der Waals surface area contributed by atoms with Crippen molar-refractivity contribution in [1.29, 1.82) is 5.26 Å². The fraction of sp³-hybridized carbons (Fsp3) is 0.588. The van der Waals surface area contributed by atoms with Crippen LogP contribution < -0.4 is 10.2 Å². The van der Waals surface area contributed by atoms with Crippen LogP contribution in [0, 0.1) is 25.2 Å². The van der Waals surface area contributed by atoms with Gasteiger partial charge in [0.2, 0.25) is 0 Å². The summed E-state index contributed by atoms with van der Waals surface area (Å²) in [5.74, 6) is 0. The Morgan fingerprint density at radius 3 is 2.30 bits per heavy atom. The Labute approximate surface area is 123 Å². The van der Waals surface area contributed by atoms with Crippen LogP contribution in [0.2, 0.25) is 0 Å². The molecule has 0 aromatic heterocycles. The second-order valence-electron chi connectivity index (χ2n) is 5.92. The van der Waals surface area contributed by atoms with Gasteiger partial charge in [0.15, 0.2) is 0 Å². The number of benzene rings is 1. The molecule has 1 atom stereocenters. The molecule has 0 saturated carbocycles. The highest BCUT2D eigenvalue weighted by molar-refractivity contribution is 5.50. The van der Waals surface area contributed by atoms with Crippen molar-refractivity contribution in [2.75, 3.05) is 25.5 Å². The molecule has 1 rings (SSSR count). The van der Waals surface area contributed by atoms with Crippen LogP contribution in [0.5, 0.6) is 0 Å². The van der Waals surface area contributed by atoms with Crippen LogP contribution in [0.3, 0.4) is 0 Å². The minimum absolute atomic E-state index is 0.390. The van der Waals surface area contributed by atoms with Gasteiger partial charge < -0.3 is 10.2 Å². The highest BCUT2D eigenvalue weighted by Crippen LogP contribution is 2.19. The second-order valence-corrected chi connectivity index (χ2v) is 5.92. The van der Waals surface area contributed by atoms with Gasteiger partial charge in [0.25, 0.3) is 0 Å². The zero-order valence-corrected chi connectivity index (χ0v) is 13.5. The number of nitrogens with zero attached hydrogens (tertiary/aromatic N) is 2. The summed E-state index contributed by atoms with van der Waals surface area (Å²) in [7, 11) is 3.99. The number of anilines is 1. The van der Waals surface area contributed by atoms with Gasteiger partial charge in [-0.3, -0.25) is 0 Å². The fourth-order valence-electron chi connectivity index (χ4n) is 2.36. The molecule has 0 spiro atoms. The quantitative estimate of drug-likeness (QED) is 0.774. The van der Waals surface area contributed by atoms with Gasteiger partial charge in [-0.1, -0.05) is 6.07 Å². The van der Waals surface area contributed by atoms with Gasteiger partial charge in [0.1, 0.15) is 5.54 Å². The fourth-order valence-corrected chi connectivity index (χ4v) is 2.36. The van der Waals surface area contributed by atoms with Crippen molar-refractivity contribution in [2.45, 2.75) is 45.6 Å². The summed E-state index contributed by atoms with van der Waals surface area (Å²) in [5.41, 5.74) is 3.50. The Bertz CT molecular complexity index is 455. The van der Waals surface area contributed by atoms with Crippen molar-refractivity contribution in [2.24, 2.45) is 0 Å². The molecule has 1 aromatic carbocycles. The Kier molecular flexibility index (Phi) is 6.04. The average Bonchev–Trinajstić information content (AvgIpc) is 2.42. The maximum absolute atomic E-state index is 9.11. The van der Waals surface area contributed by atoms with Crippen LogP contribution in [0.1, 0.15) is 37.3 Å². The lowest BCUT2D eigenvalue weighted by Gasteiger charge is -2.23. The van der Waals surface area contributed by atoms with Gasteiger partial charge in [-0.05, 0) is 70.3 Å². The van der Waals surface area contributed by atoms with E-state index < -0.39 is 5.54 Å². The maximum atomic E-state index is 9.11. The van der Waals surface area contributed by atoms with Crippen molar-refractivity contribution in [3.8, 4) is 6.07 Å². The molecule has 3 heteroatoms. The van der Waals surface area contributed by atoms with E-state index in [1.54, 1.807) is 0 Å². The van der Waals surface area contributed by atoms with Gasteiger partial charge in [0, 0.05) is 19.3 Å². The van der Waals surface area contributed by atoms with Crippen LogP contribution in [-0.4, -0.2) is 26.2 Å². The van der Waals surface area contributed by atoms with Crippen LogP contribution in [0.25, 0.3) is 0 Å². The van der Waals surface area contributed by atoms with Crippen LogP contribution in [0.4, 0.5) is 5.69 Å². The molecule has 0 aliphatic carbocycles.